The van der Waals surface area contributed by atoms with Gasteiger partial charge in [-0.25, -0.2) is 15.2 Å². The number of pyridine rings is 1. The average Bonchev–Trinajstić information content (AvgIpc) is 3.49. The van der Waals surface area contributed by atoms with Crippen LogP contribution in [0.5, 0.6) is 5.75 Å². The predicted octanol–water partition coefficient (Wildman–Crippen LogP) is 4.60. The molecule has 4 fully saturated rings. The maximum absolute atomic E-state index is 14.4. The number of hydrogen-bond donors (Lipinski definition) is 1. The Balaban J connectivity index is 1.26. The number of benzene rings is 1. The van der Waals surface area contributed by atoms with E-state index in [1.807, 2.05) is 12.1 Å². The Labute approximate surface area is 261 Å². The minimum Gasteiger partial charge on any atom is -0.497 e. The molecule has 3 aromatic rings. The van der Waals surface area contributed by atoms with Crippen LogP contribution in [0.15, 0.2) is 41.5 Å². The average molecular weight is 629 g/mol. The molecule has 0 aliphatic carbocycles. The lowest BCUT2D eigenvalue weighted by molar-refractivity contribution is -0.136. The smallest absolute Gasteiger partial charge is 0.418 e. The van der Waals surface area contributed by atoms with Crippen LogP contribution in [0.4, 0.5) is 13.2 Å². The number of methoxy groups -OCH3 is 1. The van der Waals surface area contributed by atoms with Gasteiger partial charge in [-0.05, 0) is 87.4 Å². The number of alkyl halides is 3. The Kier molecular flexibility index (Phi) is 8.00. The first-order chi connectivity index (χ1) is 21.5. The van der Waals surface area contributed by atoms with Crippen molar-refractivity contribution >= 4 is 5.52 Å². The quantitative estimate of drug-likeness (QED) is 0.411. The second-order valence-corrected chi connectivity index (χ2v) is 13.7. The molecule has 4 aliphatic rings. The zero-order valence-corrected chi connectivity index (χ0v) is 26.3. The van der Waals surface area contributed by atoms with Crippen LogP contribution in [0.2, 0.25) is 0 Å². The van der Waals surface area contributed by atoms with Gasteiger partial charge < -0.3 is 9.47 Å². The van der Waals surface area contributed by atoms with E-state index in [1.54, 1.807) is 19.4 Å². The zero-order valence-electron chi connectivity index (χ0n) is 26.3. The molecule has 244 valence electrons. The van der Waals surface area contributed by atoms with Gasteiger partial charge in [-0.1, -0.05) is 6.92 Å². The van der Waals surface area contributed by atoms with Crippen molar-refractivity contribution in [2.75, 3.05) is 47.0 Å². The summed E-state index contributed by atoms with van der Waals surface area (Å²) in [5.74, 6) is 1.03. The first-order valence-electron chi connectivity index (χ1n) is 16.1. The van der Waals surface area contributed by atoms with E-state index in [-0.39, 0.29) is 17.1 Å². The number of imidazole rings is 1. The lowest BCUT2D eigenvalue weighted by Gasteiger charge is -2.44. The van der Waals surface area contributed by atoms with Crippen molar-refractivity contribution in [3.8, 4) is 11.4 Å². The van der Waals surface area contributed by atoms with E-state index < -0.39 is 17.4 Å². The molecule has 0 spiro atoms. The third-order valence-corrected chi connectivity index (χ3v) is 10.4. The Morgan fingerprint density at radius 3 is 2.58 bits per heavy atom. The first-order valence-corrected chi connectivity index (χ1v) is 16.1. The largest absolute Gasteiger partial charge is 0.497 e. The SMILES string of the molecule is COc1cc(-n2cc3c(C(F)(F)F)cc(CN4CCC[C@H](C)C4)cn3c2=O)cc(C2(CC3NN4CCCCC4N3C)COC2)c1. The summed E-state index contributed by atoms with van der Waals surface area (Å²) in [5, 5.41) is 2.34. The molecule has 0 bridgehead atoms. The van der Waals surface area contributed by atoms with Gasteiger partial charge in [0.1, 0.15) is 5.75 Å². The van der Waals surface area contributed by atoms with E-state index >= 15 is 0 Å². The topological polar surface area (TPSA) is 66.6 Å². The highest BCUT2D eigenvalue weighted by Crippen LogP contribution is 2.42. The maximum atomic E-state index is 14.4. The number of hydrazine groups is 1. The number of piperidine rings is 2. The number of nitrogens with zero attached hydrogens (tertiary/aromatic N) is 5. The molecule has 1 aromatic carbocycles. The van der Waals surface area contributed by atoms with E-state index in [9.17, 15) is 18.0 Å². The number of nitrogens with one attached hydrogen (secondary N) is 1. The van der Waals surface area contributed by atoms with E-state index in [4.69, 9.17) is 9.47 Å². The second-order valence-electron chi connectivity index (χ2n) is 13.7. The van der Waals surface area contributed by atoms with Crippen LogP contribution < -0.4 is 15.9 Å². The molecular weight excluding hydrogens is 585 g/mol. The Bertz CT molecular complexity index is 1620. The minimum absolute atomic E-state index is 0.113. The molecule has 0 saturated carbocycles. The van der Waals surface area contributed by atoms with E-state index in [0.717, 1.165) is 55.3 Å². The summed E-state index contributed by atoms with van der Waals surface area (Å²) < 4.78 is 57.2. The van der Waals surface area contributed by atoms with Gasteiger partial charge in [-0.2, -0.15) is 13.2 Å². The summed E-state index contributed by atoms with van der Waals surface area (Å²) >= 11 is 0. The van der Waals surface area contributed by atoms with Gasteiger partial charge >= 0.3 is 11.9 Å². The van der Waals surface area contributed by atoms with Crippen LogP contribution in [0.3, 0.4) is 0 Å². The highest BCUT2D eigenvalue weighted by atomic mass is 19.4. The summed E-state index contributed by atoms with van der Waals surface area (Å²) in [6, 6.07) is 6.79. The number of aromatic nitrogens is 2. The molecule has 6 heterocycles. The van der Waals surface area contributed by atoms with Crippen molar-refractivity contribution in [2.24, 2.45) is 5.92 Å². The van der Waals surface area contributed by atoms with Crippen molar-refractivity contribution in [1.82, 2.24) is 29.2 Å². The molecule has 45 heavy (non-hydrogen) atoms. The molecule has 12 heteroatoms. The molecule has 0 amide bonds. The molecule has 4 aliphatic heterocycles. The van der Waals surface area contributed by atoms with E-state index in [1.165, 1.54) is 29.7 Å². The van der Waals surface area contributed by atoms with Gasteiger partial charge in [0.05, 0.1) is 49.4 Å². The van der Waals surface area contributed by atoms with Crippen molar-refractivity contribution in [3.05, 3.63) is 63.8 Å². The van der Waals surface area contributed by atoms with E-state index in [0.29, 0.717) is 48.8 Å². The van der Waals surface area contributed by atoms with E-state index in [2.05, 4.69) is 34.2 Å². The van der Waals surface area contributed by atoms with Crippen LogP contribution >= 0.6 is 0 Å². The van der Waals surface area contributed by atoms with Gasteiger partial charge in [0, 0.05) is 43.5 Å². The van der Waals surface area contributed by atoms with Crippen LogP contribution in [-0.4, -0.2) is 83.1 Å². The maximum Gasteiger partial charge on any atom is 0.418 e. The third-order valence-electron chi connectivity index (χ3n) is 10.4. The summed E-state index contributed by atoms with van der Waals surface area (Å²) in [6.07, 6.45) is 5.17. The second kappa shape index (κ2) is 11.7. The van der Waals surface area contributed by atoms with Gasteiger partial charge in [-0.15, -0.1) is 0 Å². The Morgan fingerprint density at radius 2 is 1.89 bits per heavy atom. The van der Waals surface area contributed by atoms with Gasteiger partial charge in [-0.3, -0.25) is 18.8 Å². The number of hydrogen-bond acceptors (Lipinski definition) is 7. The van der Waals surface area contributed by atoms with Gasteiger partial charge in [0.2, 0.25) is 0 Å². The lowest BCUT2D eigenvalue weighted by Crippen LogP contribution is -2.53. The highest BCUT2D eigenvalue weighted by Gasteiger charge is 2.47. The molecule has 0 radical (unpaired) electrons. The number of halogens is 3. The zero-order chi connectivity index (χ0) is 31.5. The fourth-order valence-corrected chi connectivity index (χ4v) is 7.87. The molecule has 1 N–H and O–H groups in total. The van der Waals surface area contributed by atoms with Gasteiger partial charge in [0.15, 0.2) is 0 Å². The number of ether oxygens (including phenoxy) is 2. The molecule has 2 aromatic heterocycles. The summed E-state index contributed by atoms with van der Waals surface area (Å²) in [6.45, 7) is 6.24. The molecule has 2 unspecified atom stereocenters. The third kappa shape index (κ3) is 5.69. The number of rotatable bonds is 7. The van der Waals surface area contributed by atoms with Crippen molar-refractivity contribution in [3.63, 3.8) is 0 Å². The number of likely N-dealkylation sites (tertiary alicyclic amines) is 1. The van der Waals surface area contributed by atoms with Crippen molar-refractivity contribution in [1.29, 1.82) is 0 Å². The highest BCUT2D eigenvalue weighted by molar-refractivity contribution is 5.58. The van der Waals surface area contributed by atoms with Crippen molar-refractivity contribution in [2.45, 2.75) is 75.9 Å². The fraction of sp³-hybridized carbons (Fsp3) is 0.606. The van der Waals surface area contributed by atoms with Gasteiger partial charge in [0.25, 0.3) is 0 Å². The predicted molar refractivity (Wildman–Crippen MR) is 164 cm³/mol. The van der Waals surface area contributed by atoms with Crippen LogP contribution in [0, 0.1) is 5.92 Å². The monoisotopic (exact) mass is 628 g/mol. The molecule has 4 saturated heterocycles. The van der Waals surface area contributed by atoms with Crippen LogP contribution in [0.25, 0.3) is 11.2 Å². The summed E-state index contributed by atoms with van der Waals surface area (Å²) in [7, 11) is 3.72. The lowest BCUT2D eigenvalue weighted by atomic mass is 9.74. The fourth-order valence-electron chi connectivity index (χ4n) is 7.87. The first kappa shape index (κ1) is 30.7. The summed E-state index contributed by atoms with van der Waals surface area (Å²) in [4.78, 5) is 18.4. The molecular formula is C33H43F3N6O3. The van der Waals surface area contributed by atoms with Crippen LogP contribution in [-0.2, 0) is 22.9 Å². The van der Waals surface area contributed by atoms with Crippen molar-refractivity contribution < 1.29 is 22.6 Å². The Hall–Kier alpha value is -2.90. The molecule has 7 rings (SSSR count). The standard InChI is InChI=1S/C33H43F3N6O3/c1-22-7-6-9-39(16-22)17-23-11-27(33(34,35)36)28-19-40(31(43)41(28)18-23)25-12-24(13-26(14-25)44-3)32(20-45-21-32)15-29-37-42-10-5-4-8-30(42)38(29)2/h11-14,18-19,22,29-30,37H,4-10,15-17,20-21H2,1-3H3/t22-,29?,30?/m0/s1. The molecule has 3 atom stereocenters. The normalized spacial score (nSPS) is 26.2. The molecule has 9 nitrogen and oxygen atoms in total. The summed E-state index contributed by atoms with van der Waals surface area (Å²) in [5.41, 5.74) is 3.74. The van der Waals surface area contributed by atoms with Crippen LogP contribution in [0.1, 0.15) is 62.1 Å². The number of fused-ring (bicyclic) bond motifs is 2. The Morgan fingerprint density at radius 1 is 1.07 bits per heavy atom. The minimum atomic E-state index is -4.62.